The molecule has 1 saturated heterocycles. The summed E-state index contributed by atoms with van der Waals surface area (Å²) in [5, 5.41) is 0.104. The number of aliphatic imine (C=N–C) groups is 1. The summed E-state index contributed by atoms with van der Waals surface area (Å²) in [4.78, 5) is 6.24. The van der Waals surface area contributed by atoms with Crippen LogP contribution >= 0.6 is 35.6 Å². The molecule has 1 aromatic carbocycles. The van der Waals surface area contributed by atoms with Crippen molar-refractivity contribution in [3.63, 3.8) is 0 Å². The number of hydrogen-bond donors (Lipinski definition) is 1. The van der Waals surface area contributed by atoms with Gasteiger partial charge in [-0.1, -0.05) is 17.7 Å². The van der Waals surface area contributed by atoms with Gasteiger partial charge < -0.3 is 15.4 Å². The van der Waals surface area contributed by atoms with E-state index in [0.29, 0.717) is 25.7 Å². The fraction of sp³-hybridized carbons (Fsp3) is 0.417. The lowest BCUT2D eigenvalue weighted by atomic mass is 10.2. The monoisotopic (exact) mass is 399 g/mol. The summed E-state index contributed by atoms with van der Waals surface area (Å²) in [5.74, 6) is 0.0595. The van der Waals surface area contributed by atoms with Crippen LogP contribution in [0, 0.1) is 5.82 Å². The Hall–Kier alpha value is -0.600. The minimum atomic E-state index is -0.425. The number of benzene rings is 1. The van der Waals surface area contributed by atoms with Crippen molar-refractivity contribution in [3.8, 4) is 0 Å². The summed E-state index contributed by atoms with van der Waals surface area (Å²) < 4.78 is 18.2. The summed E-state index contributed by atoms with van der Waals surface area (Å²) in [6, 6.07) is 4.54. The molecular formula is C12H16ClFIN3O. The van der Waals surface area contributed by atoms with Crippen LogP contribution in [0.5, 0.6) is 0 Å². The van der Waals surface area contributed by atoms with Gasteiger partial charge in [0, 0.05) is 13.1 Å². The second-order valence-corrected chi connectivity index (χ2v) is 4.43. The third-order valence-corrected chi connectivity index (χ3v) is 3.03. The summed E-state index contributed by atoms with van der Waals surface area (Å²) in [7, 11) is 0. The van der Waals surface area contributed by atoms with Crippen LogP contribution in [0.25, 0.3) is 0 Å². The molecule has 4 nitrogen and oxygen atoms in total. The van der Waals surface area contributed by atoms with Crippen LogP contribution in [0.1, 0.15) is 5.56 Å². The maximum atomic E-state index is 13.0. The SMILES string of the molecule is I.NC(=NCc1ccc(F)c(Cl)c1)N1CCOCC1. The number of rotatable bonds is 2. The van der Waals surface area contributed by atoms with E-state index in [1.54, 1.807) is 12.1 Å². The summed E-state index contributed by atoms with van der Waals surface area (Å²) >= 11 is 5.70. The van der Waals surface area contributed by atoms with Crippen LogP contribution in [-0.2, 0) is 11.3 Å². The first kappa shape index (κ1) is 16.5. The standard InChI is InChI=1S/C12H15ClFN3O.HI/c13-10-7-9(1-2-11(10)14)8-16-12(15)17-3-5-18-6-4-17;/h1-2,7H,3-6,8H2,(H2,15,16);1H. The average Bonchev–Trinajstić information content (AvgIpc) is 2.41. The molecule has 0 aromatic heterocycles. The normalized spacial score (nSPS) is 16.1. The first-order valence-corrected chi connectivity index (χ1v) is 6.11. The second kappa shape index (κ2) is 7.86. The van der Waals surface area contributed by atoms with Crippen LogP contribution in [0.3, 0.4) is 0 Å². The molecule has 0 unspecified atom stereocenters. The molecule has 2 rings (SSSR count). The second-order valence-electron chi connectivity index (χ2n) is 4.02. The van der Waals surface area contributed by atoms with Crippen molar-refractivity contribution in [1.82, 2.24) is 4.90 Å². The van der Waals surface area contributed by atoms with Gasteiger partial charge in [-0.05, 0) is 17.7 Å². The average molecular weight is 400 g/mol. The van der Waals surface area contributed by atoms with E-state index in [9.17, 15) is 4.39 Å². The smallest absolute Gasteiger partial charge is 0.191 e. The van der Waals surface area contributed by atoms with Gasteiger partial charge in [0.25, 0.3) is 0 Å². The van der Waals surface area contributed by atoms with Gasteiger partial charge in [-0.2, -0.15) is 0 Å². The third-order valence-electron chi connectivity index (χ3n) is 2.74. The van der Waals surface area contributed by atoms with E-state index >= 15 is 0 Å². The maximum absolute atomic E-state index is 13.0. The Labute approximate surface area is 133 Å². The maximum Gasteiger partial charge on any atom is 0.191 e. The van der Waals surface area contributed by atoms with Crippen molar-refractivity contribution in [3.05, 3.63) is 34.6 Å². The van der Waals surface area contributed by atoms with Crippen LogP contribution in [-0.4, -0.2) is 37.2 Å². The Kier molecular flexibility index (Phi) is 6.81. The molecule has 19 heavy (non-hydrogen) atoms. The lowest BCUT2D eigenvalue weighted by Crippen LogP contribution is -2.44. The Balaban J connectivity index is 0.00000180. The van der Waals surface area contributed by atoms with Gasteiger partial charge in [0.2, 0.25) is 0 Å². The highest BCUT2D eigenvalue weighted by Crippen LogP contribution is 2.16. The molecule has 0 spiro atoms. The third kappa shape index (κ3) is 4.77. The van der Waals surface area contributed by atoms with Crippen LogP contribution in [0.4, 0.5) is 4.39 Å². The van der Waals surface area contributed by atoms with Crippen molar-refractivity contribution in [2.75, 3.05) is 26.3 Å². The highest BCUT2D eigenvalue weighted by molar-refractivity contribution is 14.0. The largest absolute Gasteiger partial charge is 0.378 e. The highest BCUT2D eigenvalue weighted by atomic mass is 127. The molecule has 0 bridgehead atoms. The molecular weight excluding hydrogens is 384 g/mol. The number of hydrogen-bond acceptors (Lipinski definition) is 2. The van der Waals surface area contributed by atoms with Crippen molar-refractivity contribution in [2.45, 2.75) is 6.54 Å². The quantitative estimate of drug-likeness (QED) is 0.471. The molecule has 1 aliphatic rings. The van der Waals surface area contributed by atoms with E-state index in [0.717, 1.165) is 18.7 Å². The zero-order valence-corrected chi connectivity index (χ0v) is 13.4. The first-order chi connectivity index (χ1) is 8.66. The molecule has 1 heterocycles. The Bertz CT molecular complexity index is 453. The minimum absolute atomic E-state index is 0. The lowest BCUT2D eigenvalue weighted by Gasteiger charge is -2.27. The van der Waals surface area contributed by atoms with E-state index in [-0.39, 0.29) is 29.0 Å². The molecule has 0 saturated carbocycles. The van der Waals surface area contributed by atoms with Gasteiger partial charge in [0.1, 0.15) is 5.82 Å². The number of nitrogens with two attached hydrogens (primary N) is 1. The molecule has 7 heteroatoms. The number of guanidine groups is 1. The molecule has 106 valence electrons. The van der Waals surface area contributed by atoms with E-state index < -0.39 is 5.82 Å². The molecule has 2 N–H and O–H groups in total. The summed E-state index contributed by atoms with van der Waals surface area (Å²) in [6.07, 6.45) is 0. The predicted molar refractivity (Wildman–Crippen MR) is 84.5 cm³/mol. The van der Waals surface area contributed by atoms with Crippen molar-refractivity contribution in [2.24, 2.45) is 10.7 Å². The van der Waals surface area contributed by atoms with Crippen LogP contribution in [0.15, 0.2) is 23.2 Å². The Morgan fingerprint density at radius 2 is 2.11 bits per heavy atom. The van der Waals surface area contributed by atoms with Crippen molar-refractivity contribution < 1.29 is 9.13 Å². The fourth-order valence-electron chi connectivity index (χ4n) is 1.70. The zero-order chi connectivity index (χ0) is 13.0. The highest BCUT2D eigenvalue weighted by Gasteiger charge is 2.11. The van der Waals surface area contributed by atoms with E-state index in [4.69, 9.17) is 22.1 Å². The van der Waals surface area contributed by atoms with Gasteiger partial charge in [0.15, 0.2) is 5.96 Å². The molecule has 1 aromatic rings. The van der Waals surface area contributed by atoms with E-state index in [1.807, 2.05) is 4.90 Å². The van der Waals surface area contributed by atoms with Crippen LogP contribution in [0.2, 0.25) is 5.02 Å². The minimum Gasteiger partial charge on any atom is -0.378 e. The number of halogens is 3. The van der Waals surface area contributed by atoms with Crippen molar-refractivity contribution >= 4 is 41.5 Å². The Morgan fingerprint density at radius 3 is 2.74 bits per heavy atom. The zero-order valence-electron chi connectivity index (χ0n) is 10.3. The summed E-state index contributed by atoms with van der Waals surface area (Å²) in [5.41, 5.74) is 6.71. The number of morpholine rings is 1. The van der Waals surface area contributed by atoms with Gasteiger partial charge in [0.05, 0.1) is 24.8 Å². The van der Waals surface area contributed by atoms with Crippen LogP contribution < -0.4 is 5.73 Å². The van der Waals surface area contributed by atoms with Gasteiger partial charge >= 0.3 is 0 Å². The Morgan fingerprint density at radius 1 is 1.42 bits per heavy atom. The van der Waals surface area contributed by atoms with Gasteiger partial charge in [-0.15, -0.1) is 24.0 Å². The molecule has 0 atom stereocenters. The molecule has 1 fully saturated rings. The topological polar surface area (TPSA) is 50.8 Å². The number of nitrogens with zero attached hydrogens (tertiary/aromatic N) is 2. The molecule has 1 aliphatic heterocycles. The predicted octanol–water partition coefficient (Wildman–Crippen LogP) is 2.24. The summed E-state index contributed by atoms with van der Waals surface area (Å²) in [6.45, 7) is 3.22. The fourth-order valence-corrected chi connectivity index (χ4v) is 1.91. The molecule has 0 amide bonds. The van der Waals surface area contributed by atoms with Gasteiger partial charge in [-0.3, -0.25) is 0 Å². The number of ether oxygens (including phenoxy) is 1. The van der Waals surface area contributed by atoms with Crippen molar-refractivity contribution in [1.29, 1.82) is 0 Å². The van der Waals surface area contributed by atoms with E-state index in [2.05, 4.69) is 4.99 Å². The lowest BCUT2D eigenvalue weighted by molar-refractivity contribution is 0.0674. The van der Waals surface area contributed by atoms with E-state index in [1.165, 1.54) is 6.07 Å². The first-order valence-electron chi connectivity index (χ1n) is 5.73. The van der Waals surface area contributed by atoms with Gasteiger partial charge in [-0.25, -0.2) is 9.38 Å². The molecule has 0 aliphatic carbocycles. The molecule has 0 radical (unpaired) electrons.